The molecule has 42 heavy (non-hydrogen) atoms. The van der Waals surface area contributed by atoms with E-state index in [1.165, 1.54) is 66.7 Å². The molecule has 0 aromatic heterocycles. The van der Waals surface area contributed by atoms with Gasteiger partial charge in [0.25, 0.3) is 24.3 Å². The van der Waals surface area contributed by atoms with E-state index in [1.807, 2.05) is 0 Å². The summed E-state index contributed by atoms with van der Waals surface area (Å²) < 4.78 is 68.2. The van der Waals surface area contributed by atoms with Crippen molar-refractivity contribution in [2.75, 3.05) is 0 Å². The van der Waals surface area contributed by atoms with Crippen molar-refractivity contribution in [2.45, 2.75) is 9.74 Å². The van der Waals surface area contributed by atoms with Crippen LogP contribution in [0.1, 0.15) is 58.1 Å². The minimum Gasteiger partial charge on any atom is -0.307 e. The van der Waals surface area contributed by atoms with Crippen LogP contribution < -0.4 is 11.5 Å². The first-order valence-corrected chi connectivity index (χ1v) is 14.9. The summed E-state index contributed by atoms with van der Waals surface area (Å²) in [6, 6.07) is 14.9. The highest BCUT2D eigenvalue weighted by Crippen LogP contribution is 2.50. The zero-order chi connectivity index (χ0) is 30.6. The molecule has 6 N–H and O–H groups in total. The predicted molar refractivity (Wildman–Crippen MR) is 147 cm³/mol. The molecule has 3 aliphatic rings. The average Bonchev–Trinajstić information content (AvgIpc) is 2.92. The van der Waals surface area contributed by atoms with Crippen LogP contribution >= 0.6 is 0 Å². The van der Waals surface area contributed by atoms with Gasteiger partial charge in [-0.3, -0.25) is 28.3 Å². The molecule has 0 radical (unpaired) electrons. The number of carbonyl (C=O) groups is 4. The molecule has 3 aromatic carbocycles. The van der Waals surface area contributed by atoms with Crippen molar-refractivity contribution >= 4 is 48.9 Å². The zero-order valence-electron chi connectivity index (χ0n) is 21.1. The second-order valence-electron chi connectivity index (χ2n) is 9.93. The van der Waals surface area contributed by atoms with Crippen LogP contribution in [0.5, 0.6) is 0 Å². The number of nitrogens with two attached hydrogens (primary N) is 2. The number of carbonyl (C=O) groups excluding carboxylic acids is 4. The molecule has 3 aliphatic carbocycles. The fourth-order valence-electron chi connectivity index (χ4n) is 5.87. The van der Waals surface area contributed by atoms with Crippen LogP contribution in [0.3, 0.4) is 0 Å². The summed E-state index contributed by atoms with van der Waals surface area (Å²) in [6.45, 7) is 0. The Morgan fingerprint density at radius 1 is 0.548 bits per heavy atom. The molecule has 0 amide bonds. The Morgan fingerprint density at radius 2 is 0.976 bits per heavy atom. The van der Waals surface area contributed by atoms with Gasteiger partial charge in [0, 0.05) is 44.5 Å². The van der Waals surface area contributed by atoms with Gasteiger partial charge >= 0.3 is 0 Å². The van der Waals surface area contributed by atoms with Crippen LogP contribution in [-0.2, 0) is 20.2 Å². The SMILES string of the molecule is NC1(N)C2=C(C(=O)c3ccccc3C2=O)C(c2cccc3c2C(=O)c2ccccc2C3=O)=CC1(S(=O)(=O)O)S(=O)(=O)O. The number of allylic oxidation sites excluding steroid dienone is 2. The van der Waals surface area contributed by atoms with Gasteiger partial charge in [-0.1, -0.05) is 66.7 Å². The Balaban J connectivity index is 1.80. The first kappa shape index (κ1) is 27.7. The molecule has 0 saturated carbocycles. The molecule has 0 spiro atoms. The van der Waals surface area contributed by atoms with Gasteiger partial charge in [-0.15, -0.1) is 0 Å². The molecule has 3 aromatic rings. The summed E-state index contributed by atoms with van der Waals surface area (Å²) in [5.41, 5.74) is 5.02. The lowest BCUT2D eigenvalue weighted by atomic mass is 9.69. The van der Waals surface area contributed by atoms with Gasteiger partial charge in [0.1, 0.15) is 5.66 Å². The zero-order valence-corrected chi connectivity index (χ0v) is 22.7. The van der Waals surface area contributed by atoms with Gasteiger partial charge in [0.05, 0.1) is 0 Å². The molecule has 12 nitrogen and oxygen atoms in total. The Labute approximate surface area is 237 Å². The molecular formula is C28H18N2O10S2. The summed E-state index contributed by atoms with van der Waals surface area (Å²) >= 11 is 0. The van der Waals surface area contributed by atoms with Gasteiger partial charge < -0.3 is 11.5 Å². The Hall–Kier alpha value is -4.44. The Kier molecular flexibility index (Phi) is 5.64. The average molecular weight is 607 g/mol. The van der Waals surface area contributed by atoms with Crippen LogP contribution in [0.15, 0.2) is 84.0 Å². The number of rotatable bonds is 3. The van der Waals surface area contributed by atoms with Gasteiger partial charge in [-0.25, -0.2) is 0 Å². The van der Waals surface area contributed by atoms with E-state index < -0.39 is 69.8 Å². The van der Waals surface area contributed by atoms with E-state index in [0.29, 0.717) is 0 Å². The van der Waals surface area contributed by atoms with Crippen molar-refractivity contribution < 1.29 is 45.1 Å². The van der Waals surface area contributed by atoms with Crippen LogP contribution in [0.2, 0.25) is 0 Å². The smallest absolute Gasteiger partial charge is 0.295 e. The highest BCUT2D eigenvalue weighted by molar-refractivity contribution is 8.05. The maximum atomic E-state index is 14.0. The van der Waals surface area contributed by atoms with Crippen LogP contribution in [-0.4, -0.2) is 58.8 Å². The van der Waals surface area contributed by atoms with Crippen molar-refractivity contribution in [2.24, 2.45) is 11.5 Å². The second-order valence-corrected chi connectivity index (χ2v) is 13.4. The van der Waals surface area contributed by atoms with Crippen LogP contribution in [0.25, 0.3) is 5.57 Å². The van der Waals surface area contributed by atoms with Crippen molar-refractivity contribution in [3.05, 3.63) is 123 Å². The summed E-state index contributed by atoms with van der Waals surface area (Å²) in [5.74, 6) is -3.45. The van der Waals surface area contributed by atoms with Crippen molar-refractivity contribution in [1.29, 1.82) is 0 Å². The molecule has 0 heterocycles. The third kappa shape index (κ3) is 3.29. The largest absolute Gasteiger partial charge is 0.307 e. The minimum absolute atomic E-state index is 0.0349. The van der Waals surface area contributed by atoms with E-state index >= 15 is 0 Å². The van der Waals surface area contributed by atoms with E-state index in [-0.39, 0.29) is 45.0 Å². The minimum atomic E-state index is -6.07. The maximum absolute atomic E-state index is 14.0. The number of ketones is 4. The van der Waals surface area contributed by atoms with E-state index in [9.17, 15) is 45.1 Å². The summed E-state index contributed by atoms with van der Waals surface area (Å²) in [6.07, 6.45) is 0.240. The summed E-state index contributed by atoms with van der Waals surface area (Å²) in [5, 5.41) is 0. The van der Waals surface area contributed by atoms with Gasteiger partial charge in [-0.2, -0.15) is 16.8 Å². The Bertz CT molecular complexity index is 2110. The van der Waals surface area contributed by atoms with E-state index in [2.05, 4.69) is 0 Å². The molecule has 0 saturated heterocycles. The van der Waals surface area contributed by atoms with E-state index in [1.54, 1.807) is 0 Å². The number of hydrogen-bond donors (Lipinski definition) is 4. The van der Waals surface area contributed by atoms with E-state index in [0.717, 1.165) is 0 Å². The number of hydrogen-bond acceptors (Lipinski definition) is 10. The fourth-order valence-corrected chi connectivity index (χ4v) is 8.53. The fraction of sp³-hybridized carbons (Fsp3) is 0.0714. The number of fused-ring (bicyclic) bond motifs is 3. The van der Waals surface area contributed by atoms with Gasteiger partial charge in [-0.05, 0) is 17.2 Å². The lowest BCUT2D eigenvalue weighted by molar-refractivity contribution is 0.0962. The van der Waals surface area contributed by atoms with E-state index in [4.69, 9.17) is 11.5 Å². The first-order valence-electron chi connectivity index (χ1n) is 12.1. The molecule has 0 bridgehead atoms. The molecule has 212 valence electrons. The number of Topliss-reactive ketones (excluding diaryl/α,β-unsaturated/α-hetero) is 2. The normalized spacial score (nSPS) is 19.0. The molecule has 0 fully saturated rings. The molecule has 0 atom stereocenters. The quantitative estimate of drug-likeness (QED) is 0.191. The molecule has 6 rings (SSSR count). The van der Waals surface area contributed by atoms with Gasteiger partial charge in [0.15, 0.2) is 23.1 Å². The molecule has 0 aliphatic heterocycles. The Morgan fingerprint density at radius 3 is 1.50 bits per heavy atom. The van der Waals surface area contributed by atoms with Crippen LogP contribution in [0, 0.1) is 0 Å². The molecular weight excluding hydrogens is 588 g/mol. The second kappa shape index (κ2) is 8.54. The standard InChI is InChI=1S/C28H18N2O10S2/c29-28(30)22-21(25(33)16-8-3-4-9-17(16)26(22)34)19(12-27(28,41(35,36)37)42(38,39)40)13-10-5-11-18-20(13)24(32)15-7-2-1-6-14(15)23(18)31/h1-12H,29-30H2,(H,35,36,37)(H,38,39,40). The third-order valence-electron chi connectivity index (χ3n) is 7.72. The number of benzene rings is 3. The topological polar surface area (TPSA) is 229 Å². The van der Waals surface area contributed by atoms with Crippen LogP contribution in [0.4, 0.5) is 0 Å². The highest BCUT2D eigenvalue weighted by Gasteiger charge is 2.70. The molecule has 0 unspecified atom stereocenters. The predicted octanol–water partition coefficient (Wildman–Crippen LogP) is 1.32. The summed E-state index contributed by atoms with van der Waals surface area (Å²) in [7, 11) is -12.1. The first-order chi connectivity index (χ1) is 19.6. The monoisotopic (exact) mass is 606 g/mol. The van der Waals surface area contributed by atoms with Gasteiger partial charge in [0.2, 0.25) is 0 Å². The van der Waals surface area contributed by atoms with Crippen molar-refractivity contribution in [3.63, 3.8) is 0 Å². The maximum Gasteiger partial charge on any atom is 0.295 e. The van der Waals surface area contributed by atoms with Crippen molar-refractivity contribution in [3.8, 4) is 0 Å². The third-order valence-corrected chi connectivity index (χ3v) is 11.4. The molecule has 14 heteroatoms. The van der Waals surface area contributed by atoms with Crippen molar-refractivity contribution in [1.82, 2.24) is 0 Å². The lowest BCUT2D eigenvalue weighted by Gasteiger charge is -2.45. The summed E-state index contributed by atoms with van der Waals surface area (Å²) in [4.78, 5) is 54.9. The highest BCUT2D eigenvalue weighted by atomic mass is 32.3. The lowest BCUT2D eigenvalue weighted by Crippen LogP contribution is -2.75.